The van der Waals surface area contributed by atoms with Gasteiger partial charge in [0.25, 0.3) is 0 Å². The standard InChI is InChI=1S/C24H29NO5/c1-13-6-5-7-19(13)30-24(27)23-14(2)22-17(25-23)10-16(11-18(22)26)15-8-9-20(28-3)21(12-15)29-4/h8-9,12-13,16,19,25H,5-7,10-11H2,1-4H3/t13-,16-,19-/m0/s1. The summed E-state index contributed by atoms with van der Waals surface area (Å²) >= 11 is 0. The zero-order valence-corrected chi connectivity index (χ0v) is 18.0. The molecule has 2 aliphatic carbocycles. The minimum atomic E-state index is -0.351. The van der Waals surface area contributed by atoms with Gasteiger partial charge in [-0.3, -0.25) is 4.79 Å². The van der Waals surface area contributed by atoms with Crippen molar-refractivity contribution in [2.45, 2.75) is 58.0 Å². The number of ether oxygens (including phenoxy) is 3. The number of carbonyl (C=O) groups excluding carboxylic acids is 2. The predicted octanol–water partition coefficient (Wildman–Crippen LogP) is 4.60. The molecule has 2 aliphatic rings. The summed E-state index contributed by atoms with van der Waals surface area (Å²) in [7, 11) is 3.20. The van der Waals surface area contributed by atoms with E-state index in [1.165, 1.54) is 0 Å². The number of benzene rings is 1. The van der Waals surface area contributed by atoms with Gasteiger partial charge in [0.05, 0.1) is 14.2 Å². The minimum Gasteiger partial charge on any atom is -0.493 e. The highest BCUT2D eigenvalue weighted by Gasteiger charge is 2.34. The first-order valence-corrected chi connectivity index (χ1v) is 10.6. The molecule has 0 unspecified atom stereocenters. The van der Waals surface area contributed by atoms with Gasteiger partial charge in [-0.2, -0.15) is 0 Å². The SMILES string of the molecule is COc1ccc([C@@H]2CC(=O)c3c([nH]c(C(=O)O[C@H]4CCC[C@@H]4C)c3C)C2)cc1OC. The molecule has 1 aromatic carbocycles. The molecule has 6 nitrogen and oxygen atoms in total. The zero-order chi connectivity index (χ0) is 21.4. The first-order valence-electron chi connectivity index (χ1n) is 10.6. The molecule has 6 heteroatoms. The molecule has 0 saturated heterocycles. The van der Waals surface area contributed by atoms with Crippen LogP contribution in [0.4, 0.5) is 0 Å². The lowest BCUT2D eigenvalue weighted by Crippen LogP contribution is -2.21. The first-order chi connectivity index (χ1) is 14.4. The number of rotatable bonds is 5. The van der Waals surface area contributed by atoms with Gasteiger partial charge in [0.2, 0.25) is 0 Å². The number of H-pyrrole nitrogens is 1. The predicted molar refractivity (Wildman–Crippen MR) is 113 cm³/mol. The van der Waals surface area contributed by atoms with Gasteiger partial charge in [0.1, 0.15) is 11.8 Å². The van der Waals surface area contributed by atoms with Crippen LogP contribution in [0.5, 0.6) is 11.5 Å². The number of fused-ring (bicyclic) bond motifs is 1. The van der Waals surface area contributed by atoms with Crippen LogP contribution < -0.4 is 9.47 Å². The Kier molecular flexibility index (Phi) is 5.58. The number of hydrogen-bond acceptors (Lipinski definition) is 5. The minimum absolute atomic E-state index is 0.0154. The molecule has 1 heterocycles. The Hall–Kier alpha value is -2.76. The number of carbonyl (C=O) groups is 2. The quantitative estimate of drug-likeness (QED) is 0.728. The maximum atomic E-state index is 13.0. The molecule has 1 N–H and O–H groups in total. The smallest absolute Gasteiger partial charge is 0.355 e. The summed E-state index contributed by atoms with van der Waals surface area (Å²) in [5.41, 5.74) is 3.60. The number of nitrogens with one attached hydrogen (secondary N) is 1. The van der Waals surface area contributed by atoms with Crippen LogP contribution in [0, 0.1) is 12.8 Å². The van der Waals surface area contributed by atoms with Crippen molar-refractivity contribution in [3.8, 4) is 11.5 Å². The lowest BCUT2D eigenvalue weighted by atomic mass is 9.81. The summed E-state index contributed by atoms with van der Waals surface area (Å²) in [6.07, 6.45) is 4.11. The molecule has 0 radical (unpaired) electrons. The zero-order valence-electron chi connectivity index (χ0n) is 18.0. The van der Waals surface area contributed by atoms with Crippen LogP contribution in [0.1, 0.15) is 76.2 Å². The van der Waals surface area contributed by atoms with E-state index in [1.807, 2.05) is 25.1 Å². The van der Waals surface area contributed by atoms with E-state index in [-0.39, 0.29) is 23.8 Å². The summed E-state index contributed by atoms with van der Waals surface area (Å²) in [4.78, 5) is 29.0. The number of Topliss-reactive ketones (excluding diaryl/α,β-unsaturated/α-hetero) is 1. The number of esters is 1. The average molecular weight is 411 g/mol. The van der Waals surface area contributed by atoms with Crippen LogP contribution >= 0.6 is 0 Å². The Morgan fingerprint density at radius 1 is 1.10 bits per heavy atom. The fourth-order valence-corrected chi connectivity index (χ4v) is 4.86. The summed E-state index contributed by atoms with van der Waals surface area (Å²) in [6.45, 7) is 3.95. The van der Waals surface area contributed by atoms with Crippen molar-refractivity contribution >= 4 is 11.8 Å². The van der Waals surface area contributed by atoms with Crippen LogP contribution in [-0.4, -0.2) is 37.1 Å². The van der Waals surface area contributed by atoms with Crippen molar-refractivity contribution in [1.29, 1.82) is 0 Å². The second kappa shape index (κ2) is 8.17. The molecule has 1 aromatic heterocycles. The molecular formula is C24H29NO5. The van der Waals surface area contributed by atoms with Gasteiger partial charge < -0.3 is 19.2 Å². The molecule has 1 fully saturated rings. The largest absolute Gasteiger partial charge is 0.493 e. The van der Waals surface area contributed by atoms with Gasteiger partial charge in [-0.05, 0) is 67.7 Å². The van der Waals surface area contributed by atoms with Gasteiger partial charge in [-0.1, -0.05) is 13.0 Å². The monoisotopic (exact) mass is 411 g/mol. The van der Waals surface area contributed by atoms with Gasteiger partial charge >= 0.3 is 5.97 Å². The van der Waals surface area contributed by atoms with Crippen LogP contribution in [0.2, 0.25) is 0 Å². The van der Waals surface area contributed by atoms with Crippen molar-refractivity contribution in [3.63, 3.8) is 0 Å². The average Bonchev–Trinajstić information content (AvgIpc) is 3.30. The van der Waals surface area contributed by atoms with Crippen molar-refractivity contribution < 1.29 is 23.8 Å². The fraction of sp³-hybridized carbons (Fsp3) is 0.500. The highest BCUT2D eigenvalue weighted by molar-refractivity contribution is 6.03. The normalized spacial score (nSPS) is 23.2. The van der Waals surface area contributed by atoms with Crippen molar-refractivity contribution in [2.24, 2.45) is 5.92 Å². The van der Waals surface area contributed by atoms with Crippen LogP contribution in [0.15, 0.2) is 18.2 Å². The van der Waals surface area contributed by atoms with E-state index in [0.29, 0.717) is 47.1 Å². The lowest BCUT2D eigenvalue weighted by Gasteiger charge is -2.23. The van der Waals surface area contributed by atoms with Crippen LogP contribution in [0.3, 0.4) is 0 Å². The molecule has 3 atom stereocenters. The van der Waals surface area contributed by atoms with Crippen molar-refractivity contribution in [2.75, 3.05) is 14.2 Å². The fourth-order valence-electron chi connectivity index (χ4n) is 4.86. The van der Waals surface area contributed by atoms with E-state index in [4.69, 9.17) is 14.2 Å². The highest BCUT2D eigenvalue weighted by atomic mass is 16.5. The van der Waals surface area contributed by atoms with Crippen molar-refractivity contribution in [1.82, 2.24) is 4.98 Å². The molecule has 4 rings (SSSR count). The lowest BCUT2D eigenvalue weighted by molar-refractivity contribution is 0.0219. The van der Waals surface area contributed by atoms with Gasteiger partial charge in [-0.25, -0.2) is 4.79 Å². The maximum absolute atomic E-state index is 13.0. The Labute approximate surface area is 176 Å². The topological polar surface area (TPSA) is 77.6 Å². The Balaban J connectivity index is 1.59. The second-order valence-corrected chi connectivity index (χ2v) is 8.47. The molecule has 1 saturated carbocycles. The van der Waals surface area contributed by atoms with Crippen molar-refractivity contribution in [3.05, 3.63) is 46.3 Å². The van der Waals surface area contributed by atoms with E-state index in [2.05, 4.69) is 11.9 Å². The summed E-state index contributed by atoms with van der Waals surface area (Å²) in [6, 6.07) is 5.75. The number of ketones is 1. The van der Waals surface area contributed by atoms with Gasteiger partial charge in [0.15, 0.2) is 17.3 Å². The Morgan fingerprint density at radius 2 is 1.87 bits per heavy atom. The Bertz CT molecular complexity index is 976. The summed E-state index contributed by atoms with van der Waals surface area (Å²) in [5, 5.41) is 0. The summed E-state index contributed by atoms with van der Waals surface area (Å²) in [5.74, 6) is 1.41. The molecular weight excluding hydrogens is 382 g/mol. The van der Waals surface area contributed by atoms with Gasteiger partial charge in [0, 0.05) is 17.7 Å². The first kappa shape index (κ1) is 20.5. The maximum Gasteiger partial charge on any atom is 0.355 e. The van der Waals surface area contributed by atoms with E-state index in [0.717, 1.165) is 30.5 Å². The Morgan fingerprint density at radius 3 is 2.53 bits per heavy atom. The third-order valence-electron chi connectivity index (χ3n) is 6.61. The number of hydrogen-bond donors (Lipinski definition) is 1. The van der Waals surface area contributed by atoms with Crippen LogP contribution in [0.25, 0.3) is 0 Å². The van der Waals surface area contributed by atoms with E-state index in [1.54, 1.807) is 14.2 Å². The van der Waals surface area contributed by atoms with E-state index >= 15 is 0 Å². The molecule has 0 bridgehead atoms. The highest BCUT2D eigenvalue weighted by Crippen LogP contribution is 2.38. The number of methoxy groups -OCH3 is 2. The van der Waals surface area contributed by atoms with Gasteiger partial charge in [-0.15, -0.1) is 0 Å². The third kappa shape index (κ3) is 3.59. The molecule has 30 heavy (non-hydrogen) atoms. The molecule has 2 aromatic rings. The third-order valence-corrected chi connectivity index (χ3v) is 6.61. The number of aromatic nitrogens is 1. The van der Waals surface area contributed by atoms with E-state index < -0.39 is 0 Å². The molecule has 0 amide bonds. The summed E-state index contributed by atoms with van der Waals surface area (Å²) < 4.78 is 16.5. The van der Waals surface area contributed by atoms with Crippen LogP contribution in [-0.2, 0) is 11.2 Å². The molecule has 0 aliphatic heterocycles. The number of aromatic amines is 1. The van der Waals surface area contributed by atoms with E-state index in [9.17, 15) is 9.59 Å². The second-order valence-electron chi connectivity index (χ2n) is 8.47. The molecule has 0 spiro atoms. The molecule has 160 valence electrons.